The number of nitrogens with one attached hydrogen (secondary N) is 1. The van der Waals surface area contributed by atoms with Crippen molar-refractivity contribution >= 4 is 9.84 Å². The van der Waals surface area contributed by atoms with Gasteiger partial charge < -0.3 is 10.1 Å². The Hall–Kier alpha value is -1.07. The summed E-state index contributed by atoms with van der Waals surface area (Å²) in [5.41, 5.74) is 2.25. The molecule has 1 fully saturated rings. The lowest BCUT2D eigenvalue weighted by molar-refractivity contribution is 0.311. The van der Waals surface area contributed by atoms with E-state index in [2.05, 4.69) is 11.4 Å². The highest BCUT2D eigenvalue weighted by Crippen LogP contribution is 2.25. The van der Waals surface area contributed by atoms with Crippen LogP contribution in [0.25, 0.3) is 0 Å². The van der Waals surface area contributed by atoms with Crippen LogP contribution in [0, 0.1) is 6.92 Å². The smallest absolute Gasteiger partial charge is 0.150 e. The fourth-order valence-electron chi connectivity index (χ4n) is 2.20. The van der Waals surface area contributed by atoms with E-state index in [1.807, 2.05) is 19.1 Å². The number of ether oxygens (including phenoxy) is 1. The molecule has 21 heavy (non-hydrogen) atoms. The van der Waals surface area contributed by atoms with E-state index in [-0.39, 0.29) is 11.5 Å². The second-order valence-corrected chi connectivity index (χ2v) is 8.13. The standard InChI is InChI=1S/C16H25NO3S/c1-3-21(18,19)11-5-10-20-16-13(2)6-4-7-14(16)12-17-15-8-9-15/h4,6-7,15,17H,3,5,8-12H2,1-2H3. The van der Waals surface area contributed by atoms with E-state index in [4.69, 9.17) is 4.74 Å². The molecule has 0 heterocycles. The van der Waals surface area contributed by atoms with E-state index < -0.39 is 9.84 Å². The van der Waals surface area contributed by atoms with Crippen LogP contribution in [0.15, 0.2) is 18.2 Å². The topological polar surface area (TPSA) is 55.4 Å². The number of rotatable bonds is 9. The van der Waals surface area contributed by atoms with Gasteiger partial charge in [-0.3, -0.25) is 0 Å². The van der Waals surface area contributed by atoms with E-state index in [0.717, 1.165) is 23.4 Å². The van der Waals surface area contributed by atoms with Crippen molar-refractivity contribution in [2.24, 2.45) is 0 Å². The van der Waals surface area contributed by atoms with Crippen molar-refractivity contribution in [3.05, 3.63) is 29.3 Å². The van der Waals surface area contributed by atoms with E-state index in [0.29, 0.717) is 19.1 Å². The average molecular weight is 311 g/mol. The van der Waals surface area contributed by atoms with Crippen molar-refractivity contribution in [2.75, 3.05) is 18.1 Å². The average Bonchev–Trinajstić information content (AvgIpc) is 3.27. The van der Waals surface area contributed by atoms with Gasteiger partial charge in [-0.05, 0) is 31.7 Å². The van der Waals surface area contributed by atoms with Crippen LogP contribution in [0.5, 0.6) is 5.75 Å². The summed E-state index contributed by atoms with van der Waals surface area (Å²) >= 11 is 0. The van der Waals surface area contributed by atoms with Gasteiger partial charge in [0, 0.05) is 23.9 Å². The number of sulfone groups is 1. The quantitative estimate of drug-likeness (QED) is 0.712. The Bertz CT molecular complexity index is 565. The maximum atomic E-state index is 11.5. The summed E-state index contributed by atoms with van der Waals surface area (Å²) < 4.78 is 28.8. The first-order chi connectivity index (χ1) is 10.0. The molecule has 0 unspecified atom stereocenters. The number of hydrogen-bond donors (Lipinski definition) is 1. The predicted molar refractivity (Wildman–Crippen MR) is 85.5 cm³/mol. The minimum atomic E-state index is -2.90. The maximum Gasteiger partial charge on any atom is 0.150 e. The van der Waals surface area contributed by atoms with Gasteiger partial charge in [-0.1, -0.05) is 25.1 Å². The molecule has 118 valence electrons. The molecular weight excluding hydrogens is 286 g/mol. The minimum Gasteiger partial charge on any atom is -0.493 e. The Balaban J connectivity index is 1.88. The van der Waals surface area contributed by atoms with E-state index in [1.165, 1.54) is 12.8 Å². The summed E-state index contributed by atoms with van der Waals surface area (Å²) in [6.07, 6.45) is 3.06. The number of hydrogen-bond acceptors (Lipinski definition) is 4. The third-order valence-electron chi connectivity index (χ3n) is 3.74. The fourth-order valence-corrected chi connectivity index (χ4v) is 3.04. The van der Waals surface area contributed by atoms with Crippen molar-refractivity contribution in [1.29, 1.82) is 0 Å². The molecule has 0 amide bonds. The normalized spacial score (nSPS) is 15.1. The van der Waals surface area contributed by atoms with E-state index >= 15 is 0 Å². The van der Waals surface area contributed by atoms with Crippen molar-refractivity contribution in [3.63, 3.8) is 0 Å². The van der Waals surface area contributed by atoms with Gasteiger partial charge >= 0.3 is 0 Å². The molecule has 1 aromatic rings. The summed E-state index contributed by atoms with van der Waals surface area (Å²) in [4.78, 5) is 0. The zero-order valence-corrected chi connectivity index (χ0v) is 13.7. The van der Waals surface area contributed by atoms with Crippen molar-refractivity contribution in [1.82, 2.24) is 5.32 Å². The molecule has 0 aliphatic heterocycles. The van der Waals surface area contributed by atoms with Crippen LogP contribution in [-0.4, -0.2) is 32.6 Å². The lowest BCUT2D eigenvalue weighted by Crippen LogP contribution is -2.17. The molecule has 1 N–H and O–H groups in total. The molecule has 1 aliphatic rings. The lowest BCUT2D eigenvalue weighted by Gasteiger charge is -2.14. The van der Waals surface area contributed by atoms with Gasteiger partial charge in [-0.2, -0.15) is 0 Å². The molecule has 5 heteroatoms. The molecule has 0 atom stereocenters. The molecule has 1 aromatic carbocycles. The second kappa shape index (κ2) is 7.27. The number of para-hydroxylation sites is 1. The third-order valence-corrected chi connectivity index (χ3v) is 5.53. The van der Waals surface area contributed by atoms with Gasteiger partial charge in [-0.25, -0.2) is 8.42 Å². The molecule has 2 rings (SSSR count). The Labute approximate surface area is 127 Å². The van der Waals surface area contributed by atoms with Crippen LogP contribution in [0.4, 0.5) is 0 Å². The Morgan fingerprint density at radius 3 is 2.76 bits per heavy atom. The molecule has 0 radical (unpaired) electrons. The molecular formula is C16H25NO3S. The SMILES string of the molecule is CCS(=O)(=O)CCCOc1c(C)cccc1CNC1CC1. The van der Waals surface area contributed by atoms with Gasteiger partial charge in [0.25, 0.3) is 0 Å². The van der Waals surface area contributed by atoms with E-state index in [1.54, 1.807) is 6.92 Å². The summed E-state index contributed by atoms with van der Waals surface area (Å²) in [6.45, 7) is 4.97. The molecule has 1 aliphatic carbocycles. The first-order valence-electron chi connectivity index (χ1n) is 7.67. The summed E-state index contributed by atoms with van der Waals surface area (Å²) in [5, 5.41) is 3.49. The van der Waals surface area contributed by atoms with Crippen LogP contribution < -0.4 is 10.1 Å². The predicted octanol–water partition coefficient (Wildman–Crippen LogP) is 2.45. The third kappa shape index (κ3) is 5.32. The molecule has 0 saturated heterocycles. The van der Waals surface area contributed by atoms with Gasteiger partial charge in [0.2, 0.25) is 0 Å². The first kappa shape index (κ1) is 16.3. The summed E-state index contributed by atoms with van der Waals surface area (Å²) in [5.74, 6) is 1.30. The first-order valence-corrected chi connectivity index (χ1v) is 9.49. The zero-order valence-electron chi connectivity index (χ0n) is 12.9. The van der Waals surface area contributed by atoms with Crippen molar-refractivity contribution in [3.8, 4) is 5.75 Å². The van der Waals surface area contributed by atoms with Crippen molar-refractivity contribution < 1.29 is 13.2 Å². The highest BCUT2D eigenvalue weighted by molar-refractivity contribution is 7.91. The van der Waals surface area contributed by atoms with Gasteiger partial charge in [0.15, 0.2) is 0 Å². The monoisotopic (exact) mass is 311 g/mol. The molecule has 0 spiro atoms. The van der Waals surface area contributed by atoms with Crippen LogP contribution >= 0.6 is 0 Å². The Kier molecular flexibility index (Phi) is 5.65. The highest BCUT2D eigenvalue weighted by atomic mass is 32.2. The van der Waals surface area contributed by atoms with E-state index in [9.17, 15) is 8.42 Å². The fraction of sp³-hybridized carbons (Fsp3) is 0.625. The Morgan fingerprint density at radius 1 is 1.33 bits per heavy atom. The van der Waals surface area contributed by atoms with Gasteiger partial charge in [0.05, 0.1) is 12.4 Å². The molecule has 0 bridgehead atoms. The van der Waals surface area contributed by atoms with Gasteiger partial charge in [0.1, 0.15) is 15.6 Å². The lowest BCUT2D eigenvalue weighted by atomic mass is 10.1. The van der Waals surface area contributed by atoms with Crippen LogP contribution in [0.3, 0.4) is 0 Å². The minimum absolute atomic E-state index is 0.199. The molecule has 4 nitrogen and oxygen atoms in total. The Morgan fingerprint density at radius 2 is 2.10 bits per heavy atom. The highest BCUT2D eigenvalue weighted by Gasteiger charge is 2.20. The zero-order chi connectivity index (χ0) is 15.3. The molecule has 1 saturated carbocycles. The van der Waals surface area contributed by atoms with Crippen LogP contribution in [0.1, 0.15) is 37.3 Å². The maximum absolute atomic E-state index is 11.5. The van der Waals surface area contributed by atoms with Gasteiger partial charge in [-0.15, -0.1) is 0 Å². The number of benzene rings is 1. The van der Waals surface area contributed by atoms with Crippen LogP contribution in [0.2, 0.25) is 0 Å². The molecule has 0 aromatic heterocycles. The summed E-state index contributed by atoms with van der Waals surface area (Å²) in [7, 11) is -2.90. The largest absolute Gasteiger partial charge is 0.493 e. The van der Waals surface area contributed by atoms with Crippen LogP contribution in [-0.2, 0) is 16.4 Å². The van der Waals surface area contributed by atoms with Crippen molar-refractivity contribution in [2.45, 2.75) is 45.7 Å². The summed E-state index contributed by atoms with van der Waals surface area (Å²) in [6, 6.07) is 6.79. The second-order valence-electron chi connectivity index (χ2n) is 5.66. The number of aryl methyl sites for hydroxylation is 1.